The minimum Gasteiger partial charge on any atom is -0.268 e. The number of hydrogen-bond acceptors (Lipinski definition) is 5. The van der Waals surface area contributed by atoms with Gasteiger partial charge in [0, 0.05) is 25.0 Å². The van der Waals surface area contributed by atoms with Gasteiger partial charge in [-0.15, -0.1) is 5.10 Å². The van der Waals surface area contributed by atoms with Crippen LogP contribution >= 0.6 is 0 Å². The highest BCUT2D eigenvalue weighted by molar-refractivity contribution is 7.89. The van der Waals surface area contributed by atoms with E-state index in [1.54, 1.807) is 24.5 Å². The molecule has 1 N–H and O–H groups in total. The van der Waals surface area contributed by atoms with E-state index >= 15 is 0 Å². The summed E-state index contributed by atoms with van der Waals surface area (Å²) in [6, 6.07) is 14.1. The molecule has 1 aromatic carbocycles. The van der Waals surface area contributed by atoms with Crippen LogP contribution in [0.1, 0.15) is 5.56 Å². The Labute approximate surface area is 151 Å². The monoisotopic (exact) mass is 373 g/mol. The first-order valence-electron chi connectivity index (χ1n) is 8.13. The van der Waals surface area contributed by atoms with Crippen molar-refractivity contribution in [1.82, 2.24) is 24.3 Å². The lowest BCUT2D eigenvalue weighted by Gasteiger charge is -2.09. The van der Waals surface area contributed by atoms with Crippen LogP contribution in [0.25, 0.3) is 5.82 Å². The van der Waals surface area contributed by atoms with Crippen molar-refractivity contribution in [2.75, 3.05) is 12.3 Å². The third-order valence-electron chi connectivity index (χ3n) is 3.74. The van der Waals surface area contributed by atoms with Crippen LogP contribution in [0.2, 0.25) is 0 Å². The standard InChI is InChI=1S/C17H19N5O3S/c23-17-8-7-16(21-12-4-10-18-21)20-22(17)13-11-19-26(24,25)14-9-15-5-2-1-3-6-15/h1-8,10,12,19H,9,11,13-14H2. The van der Waals surface area contributed by atoms with Crippen molar-refractivity contribution in [1.29, 1.82) is 0 Å². The van der Waals surface area contributed by atoms with E-state index in [2.05, 4.69) is 14.9 Å². The molecule has 3 aromatic rings. The van der Waals surface area contributed by atoms with Gasteiger partial charge >= 0.3 is 0 Å². The Balaban J connectivity index is 1.57. The Morgan fingerprint density at radius 1 is 1.04 bits per heavy atom. The van der Waals surface area contributed by atoms with E-state index in [1.807, 2.05) is 30.3 Å². The van der Waals surface area contributed by atoms with E-state index in [9.17, 15) is 13.2 Å². The van der Waals surface area contributed by atoms with Crippen molar-refractivity contribution in [2.45, 2.75) is 13.0 Å². The van der Waals surface area contributed by atoms with Crippen LogP contribution in [0.4, 0.5) is 0 Å². The van der Waals surface area contributed by atoms with Crippen LogP contribution in [0.5, 0.6) is 0 Å². The third-order valence-corrected chi connectivity index (χ3v) is 5.13. The highest BCUT2D eigenvalue weighted by atomic mass is 32.2. The fraction of sp³-hybridized carbons (Fsp3) is 0.235. The molecule has 0 spiro atoms. The second kappa shape index (κ2) is 8.07. The van der Waals surface area contributed by atoms with Crippen LogP contribution in [0.3, 0.4) is 0 Å². The zero-order valence-electron chi connectivity index (χ0n) is 14.0. The second-order valence-electron chi connectivity index (χ2n) is 5.65. The highest BCUT2D eigenvalue weighted by Crippen LogP contribution is 2.01. The first-order valence-corrected chi connectivity index (χ1v) is 9.78. The number of aryl methyl sites for hydroxylation is 1. The highest BCUT2D eigenvalue weighted by Gasteiger charge is 2.10. The van der Waals surface area contributed by atoms with Gasteiger partial charge in [0.05, 0.1) is 12.3 Å². The van der Waals surface area contributed by atoms with Crippen molar-refractivity contribution in [3.8, 4) is 5.82 Å². The van der Waals surface area contributed by atoms with Gasteiger partial charge in [0.2, 0.25) is 10.0 Å². The number of aromatic nitrogens is 4. The number of nitrogens with zero attached hydrogens (tertiary/aromatic N) is 4. The summed E-state index contributed by atoms with van der Waals surface area (Å²) in [6.07, 6.45) is 3.75. The summed E-state index contributed by atoms with van der Waals surface area (Å²) < 4.78 is 29.5. The Morgan fingerprint density at radius 3 is 2.58 bits per heavy atom. The Hall–Kier alpha value is -2.78. The van der Waals surface area contributed by atoms with E-state index in [0.717, 1.165) is 5.56 Å². The van der Waals surface area contributed by atoms with Gasteiger partial charge in [0.25, 0.3) is 5.56 Å². The maximum Gasteiger partial charge on any atom is 0.266 e. The van der Waals surface area contributed by atoms with Crippen LogP contribution in [0.15, 0.2) is 65.7 Å². The second-order valence-corrected chi connectivity index (χ2v) is 7.58. The Kier molecular flexibility index (Phi) is 5.59. The minimum atomic E-state index is -3.43. The molecule has 0 fully saturated rings. The summed E-state index contributed by atoms with van der Waals surface area (Å²) in [7, 11) is -3.43. The maximum atomic E-state index is 12.1. The molecule has 9 heteroatoms. The van der Waals surface area contributed by atoms with Gasteiger partial charge in [-0.3, -0.25) is 4.79 Å². The number of hydrogen-bond donors (Lipinski definition) is 1. The molecule has 0 aliphatic carbocycles. The molecule has 3 rings (SSSR count). The first-order chi connectivity index (χ1) is 12.5. The topological polar surface area (TPSA) is 98.9 Å². The molecule has 0 saturated carbocycles. The largest absolute Gasteiger partial charge is 0.268 e. The van der Waals surface area contributed by atoms with Gasteiger partial charge in [-0.1, -0.05) is 30.3 Å². The molecule has 0 amide bonds. The van der Waals surface area contributed by atoms with Crippen molar-refractivity contribution in [2.24, 2.45) is 0 Å². The van der Waals surface area contributed by atoms with Crippen molar-refractivity contribution in [3.05, 3.63) is 76.8 Å². The van der Waals surface area contributed by atoms with Crippen LogP contribution < -0.4 is 10.3 Å². The molecule has 8 nitrogen and oxygen atoms in total. The normalized spacial score (nSPS) is 11.5. The van der Waals surface area contributed by atoms with Gasteiger partial charge in [-0.05, 0) is 24.1 Å². The minimum absolute atomic E-state index is 0.00727. The number of sulfonamides is 1. The SMILES string of the molecule is O=c1ccc(-n2cccn2)nn1CCNS(=O)(=O)CCc1ccccc1. The predicted molar refractivity (Wildman–Crippen MR) is 97.6 cm³/mol. The molecule has 0 saturated heterocycles. The van der Waals surface area contributed by atoms with Gasteiger partial charge in [-0.2, -0.15) is 5.10 Å². The number of benzene rings is 1. The smallest absolute Gasteiger partial charge is 0.266 e. The Morgan fingerprint density at radius 2 is 1.85 bits per heavy atom. The summed E-state index contributed by atoms with van der Waals surface area (Å²) in [6.45, 7) is 0.227. The molecule has 0 unspecified atom stereocenters. The summed E-state index contributed by atoms with van der Waals surface area (Å²) in [5, 5.41) is 8.25. The average molecular weight is 373 g/mol. The zero-order valence-corrected chi connectivity index (χ0v) is 14.8. The molecule has 26 heavy (non-hydrogen) atoms. The lowest BCUT2D eigenvalue weighted by atomic mass is 10.2. The lowest BCUT2D eigenvalue weighted by Crippen LogP contribution is -2.33. The molecule has 2 heterocycles. The predicted octanol–water partition coefficient (Wildman–Crippen LogP) is 0.591. The quantitative estimate of drug-likeness (QED) is 0.623. The van der Waals surface area contributed by atoms with E-state index in [-0.39, 0.29) is 24.4 Å². The van der Waals surface area contributed by atoms with E-state index in [1.165, 1.54) is 15.4 Å². The molecule has 0 aliphatic heterocycles. The number of nitrogens with one attached hydrogen (secondary N) is 1. The average Bonchev–Trinajstić information content (AvgIpc) is 3.17. The van der Waals surface area contributed by atoms with E-state index < -0.39 is 10.0 Å². The third kappa shape index (κ3) is 4.87. The summed E-state index contributed by atoms with van der Waals surface area (Å²) in [5.74, 6) is 0.480. The van der Waals surface area contributed by atoms with Crippen molar-refractivity contribution in [3.63, 3.8) is 0 Å². The van der Waals surface area contributed by atoms with E-state index in [0.29, 0.717) is 12.2 Å². The molecule has 0 radical (unpaired) electrons. The first kappa shape index (κ1) is 18.0. The van der Waals surface area contributed by atoms with Gasteiger partial charge in [0.15, 0.2) is 5.82 Å². The maximum absolute atomic E-state index is 12.1. The van der Waals surface area contributed by atoms with Gasteiger partial charge in [-0.25, -0.2) is 22.5 Å². The lowest BCUT2D eigenvalue weighted by molar-refractivity contribution is 0.541. The van der Waals surface area contributed by atoms with Crippen LogP contribution in [-0.2, 0) is 23.0 Å². The molecule has 136 valence electrons. The molecular weight excluding hydrogens is 354 g/mol. The molecule has 0 atom stereocenters. The number of rotatable bonds is 8. The van der Waals surface area contributed by atoms with Crippen LogP contribution in [-0.4, -0.2) is 40.3 Å². The summed E-state index contributed by atoms with van der Waals surface area (Å²) in [5.41, 5.74) is 0.659. The summed E-state index contributed by atoms with van der Waals surface area (Å²) >= 11 is 0. The zero-order chi connectivity index (χ0) is 18.4. The molecular formula is C17H19N5O3S. The van der Waals surface area contributed by atoms with E-state index in [4.69, 9.17) is 0 Å². The van der Waals surface area contributed by atoms with Crippen LogP contribution in [0, 0.1) is 0 Å². The fourth-order valence-corrected chi connectivity index (χ4v) is 3.45. The molecule has 2 aromatic heterocycles. The van der Waals surface area contributed by atoms with Crippen molar-refractivity contribution < 1.29 is 8.42 Å². The molecule has 0 bridgehead atoms. The van der Waals surface area contributed by atoms with Gasteiger partial charge in [0.1, 0.15) is 0 Å². The van der Waals surface area contributed by atoms with Crippen molar-refractivity contribution >= 4 is 10.0 Å². The van der Waals surface area contributed by atoms with Gasteiger partial charge < -0.3 is 0 Å². The Bertz CT molecular complexity index is 998. The fourth-order valence-electron chi connectivity index (χ4n) is 2.40. The summed E-state index contributed by atoms with van der Waals surface area (Å²) in [4.78, 5) is 11.9. The molecule has 0 aliphatic rings.